The number of rotatable bonds is 5. The molecule has 0 amide bonds. The van der Waals surface area contributed by atoms with Gasteiger partial charge in [-0.25, -0.2) is 0 Å². The maximum Gasteiger partial charge on any atom is 0.119 e. The second-order valence-corrected chi connectivity index (χ2v) is 6.14. The summed E-state index contributed by atoms with van der Waals surface area (Å²) < 4.78 is 5.89. The molecule has 2 unspecified atom stereocenters. The van der Waals surface area contributed by atoms with Gasteiger partial charge in [0.05, 0.1) is 0 Å². The van der Waals surface area contributed by atoms with Crippen LogP contribution in [0.2, 0.25) is 0 Å². The van der Waals surface area contributed by atoms with Gasteiger partial charge in [-0.2, -0.15) is 0 Å². The van der Waals surface area contributed by atoms with Gasteiger partial charge < -0.3 is 10.5 Å². The van der Waals surface area contributed by atoms with Crippen LogP contribution in [0, 0.1) is 5.92 Å². The van der Waals surface area contributed by atoms with Crippen molar-refractivity contribution < 1.29 is 4.74 Å². The Balaban J connectivity index is 1.47. The molecule has 3 heteroatoms. The molecule has 2 fully saturated rings. The maximum absolute atomic E-state index is 5.89. The average molecular weight is 274 g/mol. The number of fused-ring (bicyclic) bond motifs is 1. The van der Waals surface area contributed by atoms with Gasteiger partial charge in [-0.15, -0.1) is 0 Å². The normalized spacial score (nSPS) is 26.4. The molecule has 20 heavy (non-hydrogen) atoms. The van der Waals surface area contributed by atoms with Crippen LogP contribution in [0.1, 0.15) is 37.7 Å². The summed E-state index contributed by atoms with van der Waals surface area (Å²) in [5.41, 5.74) is 6.79. The van der Waals surface area contributed by atoms with Gasteiger partial charge in [-0.1, -0.05) is 25.0 Å². The molecule has 1 aliphatic heterocycles. The summed E-state index contributed by atoms with van der Waals surface area (Å²) in [5, 5.41) is 0. The van der Waals surface area contributed by atoms with E-state index in [1.54, 1.807) is 0 Å². The van der Waals surface area contributed by atoms with Crippen molar-refractivity contribution in [2.24, 2.45) is 11.7 Å². The van der Waals surface area contributed by atoms with Crippen LogP contribution in [0.15, 0.2) is 24.3 Å². The highest BCUT2D eigenvalue weighted by molar-refractivity contribution is 5.28. The molecular weight excluding hydrogens is 248 g/mol. The highest BCUT2D eigenvalue weighted by Gasteiger charge is 2.35. The van der Waals surface area contributed by atoms with Crippen LogP contribution >= 0.6 is 0 Å². The number of benzene rings is 1. The van der Waals surface area contributed by atoms with Crippen molar-refractivity contribution in [1.29, 1.82) is 0 Å². The highest BCUT2D eigenvalue weighted by atomic mass is 16.5. The summed E-state index contributed by atoms with van der Waals surface area (Å²) in [6, 6.07) is 8.97. The van der Waals surface area contributed by atoms with Crippen molar-refractivity contribution in [3.8, 4) is 5.75 Å². The van der Waals surface area contributed by atoms with E-state index in [4.69, 9.17) is 10.5 Å². The molecule has 3 nitrogen and oxygen atoms in total. The average Bonchev–Trinajstić information content (AvgIpc) is 2.91. The van der Waals surface area contributed by atoms with E-state index in [9.17, 15) is 0 Å². The van der Waals surface area contributed by atoms with E-state index >= 15 is 0 Å². The first-order valence-electron chi connectivity index (χ1n) is 8.02. The van der Waals surface area contributed by atoms with E-state index in [1.807, 2.05) is 24.3 Å². The lowest BCUT2D eigenvalue weighted by Gasteiger charge is -2.31. The molecule has 2 aliphatic rings. The summed E-state index contributed by atoms with van der Waals surface area (Å²) in [7, 11) is 0. The standard InChI is InChI=1S/C17H26N2O/c18-13-14-4-3-6-16(12-14)20-11-10-19-9-8-15-5-1-2-7-17(15)19/h3-4,6,12,15,17H,1-2,5,7-11,13,18H2. The summed E-state index contributed by atoms with van der Waals surface area (Å²) in [6.45, 7) is 3.69. The Hall–Kier alpha value is -1.06. The number of nitrogens with zero attached hydrogens (tertiary/aromatic N) is 1. The Kier molecular flexibility index (Phi) is 4.58. The Morgan fingerprint density at radius 3 is 3.00 bits per heavy atom. The molecule has 3 rings (SSSR count). The van der Waals surface area contributed by atoms with Gasteiger partial charge in [0.1, 0.15) is 12.4 Å². The SMILES string of the molecule is NCc1cccc(OCCN2CCC3CCCCC32)c1. The fourth-order valence-electron chi connectivity index (χ4n) is 3.82. The zero-order valence-corrected chi connectivity index (χ0v) is 12.3. The third kappa shape index (κ3) is 3.15. The van der Waals surface area contributed by atoms with Gasteiger partial charge in [0.15, 0.2) is 0 Å². The number of hydrogen-bond donors (Lipinski definition) is 1. The van der Waals surface area contributed by atoms with Gasteiger partial charge in [-0.3, -0.25) is 4.90 Å². The fourth-order valence-corrected chi connectivity index (χ4v) is 3.82. The van der Waals surface area contributed by atoms with Crippen molar-refractivity contribution in [2.45, 2.75) is 44.7 Å². The van der Waals surface area contributed by atoms with Gasteiger partial charge in [-0.05, 0) is 49.4 Å². The van der Waals surface area contributed by atoms with E-state index in [0.717, 1.165) is 36.4 Å². The number of ether oxygens (including phenoxy) is 1. The molecule has 1 heterocycles. The summed E-state index contributed by atoms with van der Waals surface area (Å²) in [6.07, 6.45) is 7.09. The van der Waals surface area contributed by atoms with E-state index in [0.29, 0.717) is 6.54 Å². The van der Waals surface area contributed by atoms with Crippen molar-refractivity contribution in [2.75, 3.05) is 19.7 Å². The maximum atomic E-state index is 5.89. The van der Waals surface area contributed by atoms with Gasteiger partial charge >= 0.3 is 0 Å². The molecule has 2 N–H and O–H groups in total. The molecule has 0 bridgehead atoms. The van der Waals surface area contributed by atoms with Crippen molar-refractivity contribution in [1.82, 2.24) is 4.90 Å². The molecule has 1 aliphatic carbocycles. The van der Waals surface area contributed by atoms with Crippen molar-refractivity contribution in [3.63, 3.8) is 0 Å². The lowest BCUT2D eigenvalue weighted by Crippen LogP contribution is -2.37. The quantitative estimate of drug-likeness (QED) is 0.897. The van der Waals surface area contributed by atoms with Crippen LogP contribution in [0.5, 0.6) is 5.75 Å². The first kappa shape index (κ1) is 13.9. The Bertz CT molecular complexity index is 435. The predicted octanol–water partition coefficient (Wildman–Crippen LogP) is 2.79. The minimum absolute atomic E-state index is 0.576. The monoisotopic (exact) mass is 274 g/mol. The lowest BCUT2D eigenvalue weighted by atomic mass is 9.85. The molecule has 0 aromatic heterocycles. The van der Waals surface area contributed by atoms with Crippen LogP contribution in [0.3, 0.4) is 0 Å². The third-order valence-electron chi connectivity index (χ3n) is 4.91. The van der Waals surface area contributed by atoms with Crippen molar-refractivity contribution in [3.05, 3.63) is 29.8 Å². The third-order valence-corrected chi connectivity index (χ3v) is 4.91. The van der Waals surface area contributed by atoms with E-state index < -0.39 is 0 Å². The topological polar surface area (TPSA) is 38.5 Å². The smallest absolute Gasteiger partial charge is 0.119 e. The lowest BCUT2D eigenvalue weighted by molar-refractivity contribution is 0.154. The van der Waals surface area contributed by atoms with Crippen LogP contribution in [0.25, 0.3) is 0 Å². The predicted molar refractivity (Wildman–Crippen MR) is 81.8 cm³/mol. The van der Waals surface area contributed by atoms with Crippen LogP contribution < -0.4 is 10.5 Å². The van der Waals surface area contributed by atoms with Crippen LogP contribution in [0.4, 0.5) is 0 Å². The Labute approximate surface area is 122 Å². The minimum atomic E-state index is 0.576. The fraction of sp³-hybridized carbons (Fsp3) is 0.647. The first-order valence-corrected chi connectivity index (χ1v) is 8.02. The Morgan fingerprint density at radius 2 is 2.10 bits per heavy atom. The largest absolute Gasteiger partial charge is 0.492 e. The summed E-state index contributed by atoms with van der Waals surface area (Å²) in [4.78, 5) is 2.65. The van der Waals surface area contributed by atoms with Crippen LogP contribution in [-0.2, 0) is 6.54 Å². The number of hydrogen-bond acceptors (Lipinski definition) is 3. The number of likely N-dealkylation sites (tertiary alicyclic amines) is 1. The molecule has 110 valence electrons. The molecule has 1 saturated heterocycles. The summed E-state index contributed by atoms with van der Waals surface area (Å²) >= 11 is 0. The second-order valence-electron chi connectivity index (χ2n) is 6.14. The van der Waals surface area contributed by atoms with Crippen LogP contribution in [-0.4, -0.2) is 30.6 Å². The van der Waals surface area contributed by atoms with E-state index in [1.165, 1.54) is 38.6 Å². The minimum Gasteiger partial charge on any atom is -0.492 e. The molecule has 0 radical (unpaired) electrons. The highest BCUT2D eigenvalue weighted by Crippen LogP contribution is 2.35. The summed E-state index contributed by atoms with van der Waals surface area (Å²) in [5.74, 6) is 1.91. The van der Waals surface area contributed by atoms with E-state index in [-0.39, 0.29) is 0 Å². The van der Waals surface area contributed by atoms with Gasteiger partial charge in [0.25, 0.3) is 0 Å². The zero-order valence-electron chi connectivity index (χ0n) is 12.3. The van der Waals surface area contributed by atoms with E-state index in [2.05, 4.69) is 4.90 Å². The molecule has 1 aromatic rings. The zero-order chi connectivity index (χ0) is 13.8. The second kappa shape index (κ2) is 6.59. The molecule has 0 spiro atoms. The first-order chi connectivity index (χ1) is 9.86. The van der Waals surface area contributed by atoms with Crippen molar-refractivity contribution >= 4 is 0 Å². The van der Waals surface area contributed by atoms with Gasteiger partial charge in [0, 0.05) is 19.1 Å². The molecular formula is C17H26N2O. The Morgan fingerprint density at radius 1 is 1.20 bits per heavy atom. The van der Waals surface area contributed by atoms with Gasteiger partial charge in [0.2, 0.25) is 0 Å². The molecule has 1 aromatic carbocycles. The molecule has 1 saturated carbocycles. The molecule has 2 atom stereocenters. The number of nitrogens with two attached hydrogens (primary N) is 1.